The fraction of sp³-hybridized carbons (Fsp3) is 0.227. The Balaban J connectivity index is 1.37. The molecule has 0 spiro atoms. The van der Waals surface area contributed by atoms with Crippen molar-refractivity contribution in [2.45, 2.75) is 26.4 Å². The molecule has 29 heavy (non-hydrogen) atoms. The zero-order chi connectivity index (χ0) is 19.6. The molecule has 1 aliphatic heterocycles. The van der Waals surface area contributed by atoms with Crippen molar-refractivity contribution in [2.75, 3.05) is 6.54 Å². The number of aromatic nitrogens is 5. The number of nitrogens with zero attached hydrogens (tertiary/aromatic N) is 6. The molecule has 7 heteroatoms. The molecule has 0 saturated heterocycles. The molecule has 5 rings (SSSR count). The summed E-state index contributed by atoms with van der Waals surface area (Å²) in [6.45, 7) is 4.51. The van der Waals surface area contributed by atoms with E-state index in [9.17, 15) is 0 Å². The Morgan fingerprint density at radius 1 is 1.03 bits per heavy atom. The van der Waals surface area contributed by atoms with Gasteiger partial charge < -0.3 is 4.52 Å². The molecule has 1 aromatic carbocycles. The van der Waals surface area contributed by atoms with Crippen molar-refractivity contribution in [1.82, 2.24) is 30.0 Å². The molecule has 0 bridgehead atoms. The third-order valence-electron chi connectivity index (χ3n) is 5.23. The number of hydrogen-bond donors (Lipinski definition) is 0. The second kappa shape index (κ2) is 7.52. The van der Waals surface area contributed by atoms with Crippen LogP contribution < -0.4 is 0 Å². The van der Waals surface area contributed by atoms with Crippen molar-refractivity contribution in [1.29, 1.82) is 0 Å². The van der Waals surface area contributed by atoms with Crippen LogP contribution in [0.25, 0.3) is 22.7 Å². The van der Waals surface area contributed by atoms with E-state index < -0.39 is 0 Å². The number of fused-ring (bicyclic) bond motifs is 1. The topological polar surface area (TPSA) is 80.8 Å². The molecule has 0 atom stereocenters. The molecule has 0 N–H and O–H groups in total. The second-order valence-corrected chi connectivity index (χ2v) is 7.20. The fourth-order valence-corrected chi connectivity index (χ4v) is 3.68. The first kappa shape index (κ1) is 17.6. The molecule has 0 unspecified atom stereocenters. The predicted octanol–water partition coefficient (Wildman–Crippen LogP) is 3.46. The van der Waals surface area contributed by atoms with Gasteiger partial charge in [0, 0.05) is 61.3 Å². The van der Waals surface area contributed by atoms with Crippen LogP contribution in [-0.4, -0.2) is 36.5 Å². The summed E-state index contributed by atoms with van der Waals surface area (Å²) in [6.07, 6.45) is 7.79. The largest absolute Gasteiger partial charge is 0.356 e. The normalized spacial score (nSPS) is 14.0. The summed E-state index contributed by atoms with van der Waals surface area (Å²) in [7, 11) is 0. The number of rotatable bonds is 4. The lowest BCUT2D eigenvalue weighted by Gasteiger charge is -2.28. The van der Waals surface area contributed by atoms with Gasteiger partial charge in [-0.25, -0.2) is 19.9 Å². The van der Waals surface area contributed by atoms with Crippen molar-refractivity contribution in [2.24, 2.45) is 0 Å². The highest BCUT2D eigenvalue weighted by Gasteiger charge is 2.23. The Kier molecular flexibility index (Phi) is 4.57. The summed E-state index contributed by atoms with van der Waals surface area (Å²) < 4.78 is 5.64. The minimum Gasteiger partial charge on any atom is -0.356 e. The van der Waals surface area contributed by atoms with Crippen LogP contribution in [0.1, 0.15) is 22.5 Å². The van der Waals surface area contributed by atoms with E-state index in [-0.39, 0.29) is 0 Å². The van der Waals surface area contributed by atoms with Gasteiger partial charge >= 0.3 is 0 Å². The van der Waals surface area contributed by atoms with Crippen molar-refractivity contribution >= 4 is 0 Å². The summed E-state index contributed by atoms with van der Waals surface area (Å²) in [6, 6.07) is 10.1. The Bertz CT molecular complexity index is 1130. The van der Waals surface area contributed by atoms with Gasteiger partial charge in [0.15, 0.2) is 11.6 Å². The molecule has 4 heterocycles. The highest BCUT2D eigenvalue weighted by molar-refractivity contribution is 5.61. The highest BCUT2D eigenvalue weighted by Crippen LogP contribution is 2.29. The van der Waals surface area contributed by atoms with Gasteiger partial charge in [0.2, 0.25) is 0 Å². The Morgan fingerprint density at radius 3 is 2.69 bits per heavy atom. The molecular weight excluding hydrogens is 364 g/mol. The Morgan fingerprint density at radius 2 is 1.86 bits per heavy atom. The first-order chi connectivity index (χ1) is 14.3. The highest BCUT2D eigenvalue weighted by atomic mass is 16.5. The van der Waals surface area contributed by atoms with Crippen LogP contribution in [0.5, 0.6) is 0 Å². The number of hydrogen-bond acceptors (Lipinski definition) is 7. The molecule has 4 aromatic rings. The molecule has 1 aliphatic rings. The SMILES string of the molecule is Cc1noc(-c2ccccc2)c1CN1CCc2nc(-c3cncnc3)ncc2C1. The van der Waals surface area contributed by atoms with E-state index in [0.29, 0.717) is 5.82 Å². The van der Waals surface area contributed by atoms with Gasteiger partial charge in [0.1, 0.15) is 6.33 Å². The van der Waals surface area contributed by atoms with Crippen LogP contribution >= 0.6 is 0 Å². The van der Waals surface area contributed by atoms with Crippen LogP contribution in [0.2, 0.25) is 0 Å². The van der Waals surface area contributed by atoms with Crippen LogP contribution in [0.15, 0.2) is 59.8 Å². The molecule has 0 radical (unpaired) electrons. The first-order valence-corrected chi connectivity index (χ1v) is 9.61. The van der Waals surface area contributed by atoms with Gasteiger partial charge in [-0.05, 0) is 6.92 Å². The minimum absolute atomic E-state index is 0.680. The molecule has 7 nitrogen and oxygen atoms in total. The van der Waals surface area contributed by atoms with E-state index in [1.54, 1.807) is 12.4 Å². The maximum atomic E-state index is 5.64. The van der Waals surface area contributed by atoms with Crippen molar-refractivity contribution < 1.29 is 4.52 Å². The Labute approximate surface area is 168 Å². The van der Waals surface area contributed by atoms with Gasteiger partial charge in [-0.15, -0.1) is 0 Å². The van der Waals surface area contributed by atoms with Gasteiger partial charge in [-0.1, -0.05) is 35.5 Å². The van der Waals surface area contributed by atoms with Gasteiger partial charge in [-0.3, -0.25) is 4.90 Å². The molecule has 3 aromatic heterocycles. The maximum Gasteiger partial charge on any atom is 0.171 e. The lowest BCUT2D eigenvalue weighted by molar-refractivity contribution is 0.242. The third-order valence-corrected chi connectivity index (χ3v) is 5.23. The van der Waals surface area contributed by atoms with E-state index >= 15 is 0 Å². The standard InChI is InChI=1S/C22H20N6O/c1-15-19(21(29-27-15)16-5-3-2-4-6-16)13-28-8-7-20-18(12-28)11-25-22(26-20)17-9-23-14-24-10-17/h2-6,9-11,14H,7-8,12-13H2,1H3. The fourth-order valence-electron chi connectivity index (χ4n) is 3.68. The van der Waals surface area contributed by atoms with Crippen molar-refractivity contribution in [3.05, 3.63) is 77.8 Å². The van der Waals surface area contributed by atoms with Crippen molar-refractivity contribution in [3.8, 4) is 22.7 Å². The summed E-state index contributed by atoms with van der Waals surface area (Å²) in [4.78, 5) is 19.8. The van der Waals surface area contributed by atoms with Crippen LogP contribution in [0.4, 0.5) is 0 Å². The molecule has 0 fully saturated rings. The Hall–Kier alpha value is -3.45. The summed E-state index contributed by atoms with van der Waals surface area (Å²) >= 11 is 0. The second-order valence-electron chi connectivity index (χ2n) is 7.20. The molecule has 0 saturated carbocycles. The third kappa shape index (κ3) is 3.52. The van der Waals surface area contributed by atoms with Crippen LogP contribution in [0.3, 0.4) is 0 Å². The minimum atomic E-state index is 0.680. The van der Waals surface area contributed by atoms with E-state index in [4.69, 9.17) is 9.51 Å². The lowest BCUT2D eigenvalue weighted by Crippen LogP contribution is -2.31. The molecule has 144 valence electrons. The van der Waals surface area contributed by atoms with Crippen molar-refractivity contribution in [3.63, 3.8) is 0 Å². The van der Waals surface area contributed by atoms with E-state index in [0.717, 1.165) is 65.5 Å². The zero-order valence-electron chi connectivity index (χ0n) is 16.1. The first-order valence-electron chi connectivity index (χ1n) is 9.61. The zero-order valence-corrected chi connectivity index (χ0v) is 16.1. The summed E-state index contributed by atoms with van der Waals surface area (Å²) in [5.74, 6) is 1.53. The van der Waals surface area contributed by atoms with Gasteiger partial charge in [-0.2, -0.15) is 0 Å². The molecule has 0 aliphatic carbocycles. The molecular formula is C22H20N6O. The summed E-state index contributed by atoms with van der Waals surface area (Å²) in [5, 5.41) is 4.21. The van der Waals surface area contributed by atoms with E-state index in [1.807, 2.05) is 31.3 Å². The summed E-state index contributed by atoms with van der Waals surface area (Å²) in [5.41, 5.74) is 6.22. The lowest BCUT2D eigenvalue weighted by atomic mass is 10.0. The molecule has 0 amide bonds. The van der Waals surface area contributed by atoms with Gasteiger partial charge in [0.05, 0.1) is 17.0 Å². The predicted molar refractivity (Wildman–Crippen MR) is 108 cm³/mol. The number of benzene rings is 1. The monoisotopic (exact) mass is 384 g/mol. The van der Waals surface area contributed by atoms with Crippen LogP contribution in [0, 0.1) is 6.92 Å². The maximum absolute atomic E-state index is 5.64. The average Bonchev–Trinajstić information content (AvgIpc) is 3.14. The quantitative estimate of drug-likeness (QED) is 0.533. The van der Waals surface area contributed by atoms with Crippen LogP contribution in [-0.2, 0) is 19.5 Å². The smallest absolute Gasteiger partial charge is 0.171 e. The average molecular weight is 384 g/mol. The number of aryl methyl sites for hydroxylation is 1. The van der Waals surface area contributed by atoms with Gasteiger partial charge in [0.25, 0.3) is 0 Å². The van der Waals surface area contributed by atoms with E-state index in [2.05, 4.69) is 37.1 Å². The van der Waals surface area contributed by atoms with E-state index in [1.165, 1.54) is 6.33 Å².